The van der Waals surface area contributed by atoms with Crippen LogP contribution < -0.4 is 5.32 Å². The van der Waals surface area contributed by atoms with Crippen LogP contribution in [-0.2, 0) is 0 Å². The van der Waals surface area contributed by atoms with Gasteiger partial charge in [0.1, 0.15) is 0 Å². The summed E-state index contributed by atoms with van der Waals surface area (Å²) in [7, 11) is 2.02. The van der Waals surface area contributed by atoms with Gasteiger partial charge in [-0.2, -0.15) is 0 Å². The van der Waals surface area contributed by atoms with Crippen LogP contribution in [0.5, 0.6) is 0 Å². The lowest BCUT2D eigenvalue weighted by atomic mass is 9.99. The standard InChI is InChI=1S/C10H22N2O/c1-4-5-9(11-3)6-12-7-10(13)8(12)2/h8-11,13H,4-7H2,1-3H3/t8-,9+,10+/m0/s1. The van der Waals surface area contributed by atoms with Crippen LogP contribution in [0, 0.1) is 0 Å². The monoisotopic (exact) mass is 186 g/mol. The van der Waals surface area contributed by atoms with Gasteiger partial charge in [0.15, 0.2) is 0 Å². The number of likely N-dealkylation sites (N-methyl/N-ethyl adjacent to an activating group) is 1. The predicted octanol–water partition coefficient (Wildman–Crippen LogP) is 0.439. The Hall–Kier alpha value is -0.120. The lowest BCUT2D eigenvalue weighted by Gasteiger charge is -2.45. The summed E-state index contributed by atoms with van der Waals surface area (Å²) in [5.41, 5.74) is 0. The lowest BCUT2D eigenvalue weighted by Crippen LogP contribution is -2.61. The summed E-state index contributed by atoms with van der Waals surface area (Å²) in [6, 6.07) is 0.938. The van der Waals surface area contributed by atoms with Crippen LogP contribution in [0.3, 0.4) is 0 Å². The van der Waals surface area contributed by atoms with Crippen molar-refractivity contribution in [2.75, 3.05) is 20.1 Å². The molecule has 1 heterocycles. The van der Waals surface area contributed by atoms with E-state index in [0.717, 1.165) is 13.1 Å². The molecule has 3 nitrogen and oxygen atoms in total. The molecule has 78 valence electrons. The molecule has 1 aliphatic rings. The highest BCUT2D eigenvalue weighted by molar-refractivity contribution is 4.90. The normalized spacial score (nSPS) is 31.4. The van der Waals surface area contributed by atoms with E-state index in [1.807, 2.05) is 7.05 Å². The topological polar surface area (TPSA) is 35.5 Å². The molecule has 1 saturated heterocycles. The van der Waals surface area contributed by atoms with Crippen molar-refractivity contribution in [2.45, 2.75) is 44.9 Å². The Bertz CT molecular complexity index is 150. The molecule has 1 aliphatic heterocycles. The van der Waals surface area contributed by atoms with E-state index >= 15 is 0 Å². The summed E-state index contributed by atoms with van der Waals surface area (Å²) in [4.78, 5) is 2.33. The van der Waals surface area contributed by atoms with Crippen LogP contribution in [0.15, 0.2) is 0 Å². The quantitative estimate of drug-likeness (QED) is 0.654. The third-order valence-corrected chi connectivity index (χ3v) is 3.05. The number of nitrogens with one attached hydrogen (secondary N) is 1. The van der Waals surface area contributed by atoms with E-state index < -0.39 is 0 Å². The minimum atomic E-state index is -0.0980. The summed E-state index contributed by atoms with van der Waals surface area (Å²) in [6.07, 6.45) is 2.34. The van der Waals surface area contributed by atoms with E-state index in [1.54, 1.807) is 0 Å². The highest BCUT2D eigenvalue weighted by Gasteiger charge is 2.34. The van der Waals surface area contributed by atoms with Crippen LogP contribution in [0.4, 0.5) is 0 Å². The fourth-order valence-electron chi connectivity index (χ4n) is 1.86. The molecule has 3 heteroatoms. The number of rotatable bonds is 5. The first-order valence-corrected chi connectivity index (χ1v) is 5.28. The van der Waals surface area contributed by atoms with Crippen molar-refractivity contribution in [1.82, 2.24) is 10.2 Å². The molecule has 0 spiro atoms. The van der Waals surface area contributed by atoms with Crippen molar-refractivity contribution in [1.29, 1.82) is 0 Å². The smallest absolute Gasteiger partial charge is 0.0819 e. The Labute approximate surface area is 81.1 Å². The largest absolute Gasteiger partial charge is 0.390 e. The molecule has 0 amide bonds. The Balaban J connectivity index is 2.23. The van der Waals surface area contributed by atoms with Gasteiger partial charge in [0.2, 0.25) is 0 Å². The average molecular weight is 186 g/mol. The van der Waals surface area contributed by atoms with Gasteiger partial charge in [-0.15, -0.1) is 0 Å². The summed E-state index contributed by atoms with van der Waals surface area (Å²) < 4.78 is 0. The van der Waals surface area contributed by atoms with Crippen molar-refractivity contribution in [3.8, 4) is 0 Å². The van der Waals surface area contributed by atoms with E-state index in [4.69, 9.17) is 0 Å². The number of aliphatic hydroxyl groups is 1. The highest BCUT2D eigenvalue weighted by atomic mass is 16.3. The van der Waals surface area contributed by atoms with Crippen LogP contribution in [-0.4, -0.2) is 48.3 Å². The maximum atomic E-state index is 9.34. The van der Waals surface area contributed by atoms with Crippen molar-refractivity contribution in [2.24, 2.45) is 0 Å². The summed E-state index contributed by atoms with van der Waals surface area (Å²) in [5.74, 6) is 0. The molecule has 3 atom stereocenters. The zero-order chi connectivity index (χ0) is 9.84. The van der Waals surface area contributed by atoms with Crippen molar-refractivity contribution in [3.05, 3.63) is 0 Å². The average Bonchev–Trinajstić information content (AvgIpc) is 2.15. The van der Waals surface area contributed by atoms with Gasteiger partial charge in [-0.25, -0.2) is 0 Å². The first-order valence-electron chi connectivity index (χ1n) is 5.28. The zero-order valence-electron chi connectivity index (χ0n) is 8.95. The van der Waals surface area contributed by atoms with Gasteiger partial charge >= 0.3 is 0 Å². The number of β-amino-alcohol motifs (C(OH)–C–C–N with tert-alkyl or cyclic N) is 1. The molecule has 0 aliphatic carbocycles. The van der Waals surface area contributed by atoms with Gasteiger partial charge in [0.05, 0.1) is 6.10 Å². The van der Waals surface area contributed by atoms with E-state index in [1.165, 1.54) is 12.8 Å². The lowest BCUT2D eigenvalue weighted by molar-refractivity contribution is -0.0561. The van der Waals surface area contributed by atoms with Gasteiger partial charge in [-0.3, -0.25) is 4.90 Å². The number of hydrogen-bond acceptors (Lipinski definition) is 3. The molecule has 0 bridgehead atoms. The van der Waals surface area contributed by atoms with Gasteiger partial charge < -0.3 is 10.4 Å². The minimum absolute atomic E-state index is 0.0980. The second kappa shape index (κ2) is 4.94. The Kier molecular flexibility index (Phi) is 4.16. The van der Waals surface area contributed by atoms with E-state index in [-0.39, 0.29) is 6.10 Å². The molecular formula is C10H22N2O. The third kappa shape index (κ3) is 2.66. The van der Waals surface area contributed by atoms with Gasteiger partial charge in [0, 0.05) is 25.2 Å². The molecule has 0 unspecified atom stereocenters. The molecule has 0 radical (unpaired) electrons. The summed E-state index contributed by atoms with van der Waals surface area (Å²) >= 11 is 0. The molecule has 1 rings (SSSR count). The third-order valence-electron chi connectivity index (χ3n) is 3.05. The minimum Gasteiger partial charge on any atom is -0.390 e. The molecule has 0 saturated carbocycles. The van der Waals surface area contributed by atoms with E-state index in [2.05, 4.69) is 24.1 Å². The molecule has 1 fully saturated rings. The molecule has 0 aromatic rings. The van der Waals surface area contributed by atoms with Gasteiger partial charge in [-0.05, 0) is 20.4 Å². The first kappa shape index (κ1) is 11.0. The fourth-order valence-corrected chi connectivity index (χ4v) is 1.86. The maximum absolute atomic E-state index is 9.34. The SMILES string of the molecule is CCC[C@H](CN1C[C@@H](O)[C@@H]1C)NC. The highest BCUT2D eigenvalue weighted by Crippen LogP contribution is 2.18. The summed E-state index contributed by atoms with van der Waals surface area (Å²) in [5, 5.41) is 12.7. The fraction of sp³-hybridized carbons (Fsp3) is 1.00. The second-order valence-corrected chi connectivity index (χ2v) is 4.04. The first-order chi connectivity index (χ1) is 6.19. The van der Waals surface area contributed by atoms with Crippen molar-refractivity contribution in [3.63, 3.8) is 0 Å². The molecule has 13 heavy (non-hydrogen) atoms. The van der Waals surface area contributed by atoms with Crippen molar-refractivity contribution >= 4 is 0 Å². The molecule has 2 N–H and O–H groups in total. The van der Waals surface area contributed by atoms with E-state index in [0.29, 0.717) is 12.1 Å². The second-order valence-electron chi connectivity index (χ2n) is 4.04. The number of likely N-dealkylation sites (tertiary alicyclic amines) is 1. The number of aliphatic hydroxyl groups excluding tert-OH is 1. The van der Waals surface area contributed by atoms with Crippen LogP contribution >= 0.6 is 0 Å². The Morgan fingerprint density at radius 1 is 1.62 bits per heavy atom. The van der Waals surface area contributed by atoms with Crippen LogP contribution in [0.25, 0.3) is 0 Å². The van der Waals surface area contributed by atoms with Crippen molar-refractivity contribution < 1.29 is 5.11 Å². The van der Waals surface area contributed by atoms with E-state index in [9.17, 15) is 5.11 Å². The predicted molar refractivity (Wildman–Crippen MR) is 54.8 cm³/mol. The number of hydrogen-bond donors (Lipinski definition) is 2. The van der Waals surface area contributed by atoms with Crippen LogP contribution in [0.1, 0.15) is 26.7 Å². The number of nitrogens with zero attached hydrogens (tertiary/aromatic N) is 1. The molecule has 0 aromatic heterocycles. The molecular weight excluding hydrogens is 164 g/mol. The Morgan fingerprint density at radius 3 is 2.69 bits per heavy atom. The Morgan fingerprint density at radius 2 is 2.31 bits per heavy atom. The zero-order valence-corrected chi connectivity index (χ0v) is 8.95. The summed E-state index contributed by atoms with van der Waals surface area (Å²) in [6.45, 7) is 6.22. The van der Waals surface area contributed by atoms with Gasteiger partial charge in [-0.1, -0.05) is 13.3 Å². The van der Waals surface area contributed by atoms with Gasteiger partial charge in [0.25, 0.3) is 0 Å². The van der Waals surface area contributed by atoms with Crippen LogP contribution in [0.2, 0.25) is 0 Å². The maximum Gasteiger partial charge on any atom is 0.0819 e. The molecule has 0 aromatic carbocycles.